The molecular weight excluding hydrogens is 494 g/mol. The van der Waals surface area contributed by atoms with Crippen molar-refractivity contribution >= 4 is 45.6 Å². The Balaban J connectivity index is 1.98. The molecule has 176 valence electrons. The van der Waals surface area contributed by atoms with Crippen molar-refractivity contribution < 1.29 is 28.6 Å². The summed E-state index contributed by atoms with van der Waals surface area (Å²) >= 11 is 3.38. The summed E-state index contributed by atoms with van der Waals surface area (Å²) in [6.45, 7) is 5.75. The maximum atomic E-state index is 12.1. The zero-order chi connectivity index (χ0) is 24.4. The summed E-state index contributed by atoms with van der Waals surface area (Å²) in [5, 5.41) is 6.61. The smallest absolute Gasteiger partial charge is 0.343 e. The Labute approximate surface area is 200 Å². The number of rotatable bonds is 10. The highest BCUT2D eigenvalue weighted by Crippen LogP contribution is 2.36. The van der Waals surface area contributed by atoms with Crippen molar-refractivity contribution in [1.29, 1.82) is 0 Å². The molecule has 0 spiro atoms. The van der Waals surface area contributed by atoms with Gasteiger partial charge >= 0.3 is 5.97 Å². The van der Waals surface area contributed by atoms with Crippen LogP contribution >= 0.6 is 15.9 Å². The van der Waals surface area contributed by atoms with Gasteiger partial charge in [-0.15, -0.1) is 0 Å². The molecule has 2 rings (SSSR count). The van der Waals surface area contributed by atoms with Crippen LogP contribution in [0.2, 0.25) is 0 Å². The zero-order valence-corrected chi connectivity index (χ0v) is 20.4. The van der Waals surface area contributed by atoms with Crippen molar-refractivity contribution in [2.24, 2.45) is 5.10 Å². The minimum absolute atomic E-state index is 0.275. The number of anilines is 1. The van der Waals surface area contributed by atoms with Crippen LogP contribution in [0.3, 0.4) is 0 Å². The van der Waals surface area contributed by atoms with E-state index in [9.17, 15) is 14.4 Å². The van der Waals surface area contributed by atoms with Gasteiger partial charge in [0.05, 0.1) is 24.4 Å². The van der Waals surface area contributed by atoms with Gasteiger partial charge in [0.2, 0.25) is 11.8 Å². The van der Waals surface area contributed by atoms with E-state index in [0.717, 1.165) is 11.1 Å². The van der Waals surface area contributed by atoms with E-state index < -0.39 is 17.8 Å². The van der Waals surface area contributed by atoms with E-state index in [4.69, 9.17) is 9.47 Å². The topological polar surface area (TPSA) is 115 Å². The third-order valence-corrected chi connectivity index (χ3v) is 4.86. The molecule has 2 amide bonds. The van der Waals surface area contributed by atoms with Gasteiger partial charge in [0, 0.05) is 5.69 Å². The molecule has 0 aliphatic rings. The SMILES string of the molecule is CCOc1cc(C=NNC(=O)CC(=O)Nc2ccc(C)cc2C)cc(Br)c1OCC(=O)OC. The van der Waals surface area contributed by atoms with E-state index >= 15 is 0 Å². The molecule has 0 aliphatic heterocycles. The van der Waals surface area contributed by atoms with Crippen molar-refractivity contribution in [2.45, 2.75) is 27.2 Å². The molecule has 0 aliphatic carbocycles. The highest BCUT2D eigenvalue weighted by Gasteiger charge is 2.14. The standard InChI is InChI=1S/C23H26BrN3O6/c1-5-32-19-10-16(9-17(24)23(19)33-13-22(30)31-4)12-25-27-21(29)11-20(28)26-18-7-6-14(2)8-15(18)3/h6-10,12H,5,11,13H2,1-4H3,(H,26,28)(H,27,29). The maximum absolute atomic E-state index is 12.1. The Morgan fingerprint density at radius 2 is 1.85 bits per heavy atom. The molecule has 0 heterocycles. The molecule has 0 saturated heterocycles. The molecule has 0 unspecified atom stereocenters. The predicted molar refractivity (Wildman–Crippen MR) is 128 cm³/mol. The molecule has 0 atom stereocenters. The molecule has 2 N–H and O–H groups in total. The van der Waals surface area contributed by atoms with Gasteiger partial charge in [-0.2, -0.15) is 5.10 Å². The van der Waals surface area contributed by atoms with Crippen LogP contribution in [-0.4, -0.2) is 44.3 Å². The highest BCUT2D eigenvalue weighted by atomic mass is 79.9. The minimum atomic E-state index is -0.560. The van der Waals surface area contributed by atoms with Gasteiger partial charge in [-0.05, 0) is 66.0 Å². The Kier molecular flexibility index (Phi) is 9.86. The molecule has 2 aromatic carbocycles. The van der Waals surface area contributed by atoms with Gasteiger partial charge in [-0.1, -0.05) is 17.7 Å². The Hall–Kier alpha value is -3.40. The Morgan fingerprint density at radius 1 is 1.09 bits per heavy atom. The van der Waals surface area contributed by atoms with Crippen molar-refractivity contribution in [3.63, 3.8) is 0 Å². The number of aryl methyl sites for hydroxylation is 2. The first-order valence-electron chi connectivity index (χ1n) is 10.1. The van der Waals surface area contributed by atoms with Crippen LogP contribution < -0.4 is 20.2 Å². The molecule has 10 heteroatoms. The van der Waals surface area contributed by atoms with E-state index in [2.05, 4.69) is 36.5 Å². The molecule has 0 aromatic heterocycles. The first-order chi connectivity index (χ1) is 15.7. The number of nitrogens with one attached hydrogen (secondary N) is 2. The van der Waals surface area contributed by atoms with Gasteiger partial charge in [0.25, 0.3) is 0 Å². The molecule has 9 nitrogen and oxygen atoms in total. The average molecular weight is 520 g/mol. The minimum Gasteiger partial charge on any atom is -0.490 e. The number of hydrazone groups is 1. The van der Waals surface area contributed by atoms with Crippen molar-refractivity contribution in [2.75, 3.05) is 25.6 Å². The monoisotopic (exact) mass is 519 g/mol. The van der Waals surface area contributed by atoms with Gasteiger partial charge < -0.3 is 19.5 Å². The number of benzene rings is 2. The zero-order valence-electron chi connectivity index (χ0n) is 18.9. The molecule has 0 fully saturated rings. The van der Waals surface area contributed by atoms with Crippen LogP contribution in [-0.2, 0) is 19.1 Å². The first-order valence-corrected chi connectivity index (χ1v) is 10.9. The van der Waals surface area contributed by atoms with E-state index in [1.807, 2.05) is 32.9 Å². The number of amides is 2. The predicted octanol–water partition coefficient (Wildman–Crippen LogP) is 3.50. The third kappa shape index (κ3) is 8.23. The molecule has 0 bridgehead atoms. The second-order valence-electron chi connectivity index (χ2n) is 6.96. The van der Waals surface area contributed by atoms with Gasteiger partial charge in [0.15, 0.2) is 18.1 Å². The van der Waals surface area contributed by atoms with E-state index in [1.54, 1.807) is 18.2 Å². The van der Waals surface area contributed by atoms with Crippen LogP contribution in [0.15, 0.2) is 39.9 Å². The number of methoxy groups -OCH3 is 1. The van der Waals surface area contributed by atoms with Crippen LogP contribution in [0.25, 0.3) is 0 Å². The van der Waals surface area contributed by atoms with Crippen LogP contribution in [0.5, 0.6) is 11.5 Å². The summed E-state index contributed by atoms with van der Waals surface area (Å²) in [5.74, 6) is -0.805. The van der Waals surface area contributed by atoms with Crippen molar-refractivity contribution in [3.05, 3.63) is 51.5 Å². The second kappa shape index (κ2) is 12.6. The molecule has 33 heavy (non-hydrogen) atoms. The molecular formula is C23H26BrN3O6. The number of carbonyl (C=O) groups excluding carboxylic acids is 3. The number of ether oxygens (including phenoxy) is 3. The second-order valence-corrected chi connectivity index (χ2v) is 7.82. The normalized spacial score (nSPS) is 10.6. The van der Waals surface area contributed by atoms with Gasteiger partial charge in [0.1, 0.15) is 6.42 Å². The maximum Gasteiger partial charge on any atom is 0.343 e. The van der Waals surface area contributed by atoms with Crippen molar-refractivity contribution in [1.82, 2.24) is 5.43 Å². The summed E-state index contributed by atoms with van der Waals surface area (Å²) in [5.41, 5.74) is 5.57. The molecule has 0 saturated carbocycles. The summed E-state index contributed by atoms with van der Waals surface area (Å²) in [7, 11) is 1.27. The quantitative estimate of drug-likeness (QED) is 0.215. The number of hydrogen-bond donors (Lipinski definition) is 2. The summed E-state index contributed by atoms with van der Waals surface area (Å²) in [4.78, 5) is 35.5. The van der Waals surface area contributed by atoms with E-state index in [0.29, 0.717) is 33.8 Å². The third-order valence-electron chi connectivity index (χ3n) is 4.27. The van der Waals surface area contributed by atoms with E-state index in [1.165, 1.54) is 13.3 Å². The largest absolute Gasteiger partial charge is 0.490 e. The first kappa shape index (κ1) is 25.9. The number of hydrogen-bond acceptors (Lipinski definition) is 7. The van der Waals surface area contributed by atoms with Crippen LogP contribution in [0, 0.1) is 13.8 Å². The summed E-state index contributed by atoms with van der Waals surface area (Å²) in [6, 6.07) is 8.94. The fourth-order valence-electron chi connectivity index (χ4n) is 2.77. The summed E-state index contributed by atoms with van der Waals surface area (Å²) in [6.07, 6.45) is 1.02. The summed E-state index contributed by atoms with van der Waals surface area (Å²) < 4.78 is 16.1. The van der Waals surface area contributed by atoms with E-state index in [-0.39, 0.29) is 13.0 Å². The van der Waals surface area contributed by atoms with Gasteiger partial charge in [-0.3, -0.25) is 9.59 Å². The lowest BCUT2D eigenvalue weighted by molar-refractivity contribution is -0.143. The van der Waals surface area contributed by atoms with Crippen LogP contribution in [0.1, 0.15) is 30.0 Å². The Bertz CT molecular complexity index is 1050. The lowest BCUT2D eigenvalue weighted by Crippen LogP contribution is -2.24. The van der Waals surface area contributed by atoms with Crippen molar-refractivity contribution in [3.8, 4) is 11.5 Å². The van der Waals surface area contributed by atoms with Crippen LogP contribution in [0.4, 0.5) is 5.69 Å². The number of carbonyl (C=O) groups is 3. The van der Waals surface area contributed by atoms with Gasteiger partial charge in [-0.25, -0.2) is 10.2 Å². The average Bonchev–Trinajstić information content (AvgIpc) is 2.75. The Morgan fingerprint density at radius 3 is 2.52 bits per heavy atom. The fourth-order valence-corrected chi connectivity index (χ4v) is 3.34. The molecule has 2 aromatic rings. The molecule has 0 radical (unpaired) electrons. The number of esters is 1. The lowest BCUT2D eigenvalue weighted by Gasteiger charge is -2.13. The number of nitrogens with zero attached hydrogens (tertiary/aromatic N) is 1. The lowest BCUT2D eigenvalue weighted by atomic mass is 10.1. The highest BCUT2D eigenvalue weighted by molar-refractivity contribution is 9.10. The number of halogens is 1. The fraction of sp³-hybridized carbons (Fsp3) is 0.304.